The zero-order valence-electron chi connectivity index (χ0n) is 7.43. The molecule has 0 aliphatic carbocycles. The lowest BCUT2D eigenvalue weighted by Crippen LogP contribution is -2.27. The third kappa shape index (κ3) is 1.75. The average molecular weight is 260 g/mol. The van der Waals surface area contributed by atoms with Gasteiger partial charge in [-0.05, 0) is 22.4 Å². The number of hydrogen-bond donors (Lipinski definition) is 1. The number of halogens is 1. The first-order valence-corrected chi connectivity index (χ1v) is 5.13. The molecule has 2 heterocycles. The first-order valence-electron chi connectivity index (χ1n) is 4.34. The van der Waals surface area contributed by atoms with Crippen molar-refractivity contribution in [2.75, 3.05) is 13.1 Å². The monoisotopic (exact) mass is 259 g/mol. The molecular weight excluding hydrogens is 250 g/mol. The summed E-state index contributed by atoms with van der Waals surface area (Å²) in [6.07, 6.45) is 3.57. The molecule has 1 aromatic heterocycles. The molecule has 1 saturated heterocycles. The van der Waals surface area contributed by atoms with E-state index in [1.54, 1.807) is 6.20 Å². The first kappa shape index (κ1) is 9.51. The molecule has 1 unspecified atom stereocenters. The third-order valence-electron chi connectivity index (χ3n) is 2.38. The Morgan fingerprint density at radius 2 is 2.50 bits per heavy atom. The second-order valence-corrected chi connectivity index (χ2v) is 4.23. The summed E-state index contributed by atoms with van der Waals surface area (Å²) in [6.45, 7) is 1.13. The normalized spacial score (nSPS) is 21.5. The van der Waals surface area contributed by atoms with Crippen molar-refractivity contribution in [2.24, 2.45) is 0 Å². The number of hydrogen-bond acceptors (Lipinski definition) is 2. The van der Waals surface area contributed by atoms with Crippen molar-refractivity contribution in [3.63, 3.8) is 0 Å². The van der Waals surface area contributed by atoms with E-state index in [0.717, 1.165) is 10.9 Å². The van der Waals surface area contributed by atoms with E-state index in [-0.39, 0.29) is 6.04 Å². The van der Waals surface area contributed by atoms with Crippen LogP contribution in [0.2, 0.25) is 0 Å². The van der Waals surface area contributed by atoms with E-state index >= 15 is 0 Å². The van der Waals surface area contributed by atoms with Crippen molar-refractivity contribution in [3.8, 4) is 0 Å². The molecule has 1 fully saturated rings. The Bertz CT molecular complexity index is 352. The molecule has 0 saturated carbocycles. The zero-order chi connectivity index (χ0) is 10.1. The molecule has 5 nitrogen and oxygen atoms in total. The van der Waals surface area contributed by atoms with Gasteiger partial charge in [0.25, 0.3) is 0 Å². The van der Waals surface area contributed by atoms with Crippen LogP contribution >= 0.6 is 15.9 Å². The standard InChI is InChI=1S/C8H10BrN3O2/c9-6-3-10-12(4-6)7-1-2-11(5-7)8(13)14/h3-4,7H,1-2,5H2,(H,13,14). The van der Waals surface area contributed by atoms with E-state index < -0.39 is 6.09 Å². The van der Waals surface area contributed by atoms with Crippen molar-refractivity contribution in [3.05, 3.63) is 16.9 Å². The summed E-state index contributed by atoms with van der Waals surface area (Å²) in [5, 5.41) is 12.9. The fourth-order valence-electron chi connectivity index (χ4n) is 1.65. The van der Waals surface area contributed by atoms with Gasteiger partial charge < -0.3 is 10.0 Å². The van der Waals surface area contributed by atoms with Gasteiger partial charge in [0.1, 0.15) is 0 Å². The molecule has 1 aliphatic rings. The maximum atomic E-state index is 10.7. The Labute approximate surface area is 89.4 Å². The molecule has 1 amide bonds. The highest BCUT2D eigenvalue weighted by Gasteiger charge is 2.27. The van der Waals surface area contributed by atoms with Crippen molar-refractivity contribution in [1.82, 2.24) is 14.7 Å². The SMILES string of the molecule is O=C(O)N1CCC(n2cc(Br)cn2)C1. The largest absolute Gasteiger partial charge is 0.465 e. The van der Waals surface area contributed by atoms with Crippen molar-refractivity contribution in [2.45, 2.75) is 12.5 Å². The molecule has 1 aliphatic heterocycles. The van der Waals surface area contributed by atoms with Crippen LogP contribution < -0.4 is 0 Å². The van der Waals surface area contributed by atoms with E-state index in [9.17, 15) is 4.79 Å². The minimum absolute atomic E-state index is 0.178. The first-order chi connectivity index (χ1) is 6.66. The van der Waals surface area contributed by atoms with Crippen LogP contribution in [0.15, 0.2) is 16.9 Å². The number of carbonyl (C=O) groups is 1. The van der Waals surface area contributed by atoms with Crippen LogP contribution in [0.25, 0.3) is 0 Å². The van der Waals surface area contributed by atoms with Gasteiger partial charge in [-0.15, -0.1) is 0 Å². The summed E-state index contributed by atoms with van der Waals surface area (Å²) in [6, 6.07) is 0.178. The number of nitrogens with zero attached hydrogens (tertiary/aromatic N) is 3. The predicted octanol–water partition coefficient (Wildman–Crippen LogP) is 1.57. The van der Waals surface area contributed by atoms with Crippen LogP contribution in [0, 0.1) is 0 Å². The van der Waals surface area contributed by atoms with E-state index in [0.29, 0.717) is 13.1 Å². The second kappa shape index (κ2) is 3.61. The Morgan fingerprint density at radius 3 is 3.00 bits per heavy atom. The number of carboxylic acid groups (broad SMARTS) is 1. The lowest BCUT2D eigenvalue weighted by atomic mass is 10.3. The van der Waals surface area contributed by atoms with Crippen LogP contribution in [0.3, 0.4) is 0 Å². The van der Waals surface area contributed by atoms with Crippen LogP contribution in [0.4, 0.5) is 4.79 Å². The molecule has 1 aromatic rings. The molecule has 0 aromatic carbocycles. The van der Waals surface area contributed by atoms with Gasteiger partial charge in [0.15, 0.2) is 0 Å². The molecule has 0 bridgehead atoms. The predicted molar refractivity (Wildman–Crippen MR) is 53.2 cm³/mol. The van der Waals surface area contributed by atoms with E-state index in [1.165, 1.54) is 4.90 Å². The van der Waals surface area contributed by atoms with Gasteiger partial charge in [0, 0.05) is 19.3 Å². The van der Waals surface area contributed by atoms with E-state index in [4.69, 9.17) is 5.11 Å². The number of likely N-dealkylation sites (tertiary alicyclic amines) is 1. The van der Waals surface area contributed by atoms with Gasteiger partial charge in [-0.2, -0.15) is 5.10 Å². The van der Waals surface area contributed by atoms with Gasteiger partial charge in [-0.3, -0.25) is 4.68 Å². The summed E-state index contributed by atoms with van der Waals surface area (Å²) in [4.78, 5) is 12.1. The smallest absolute Gasteiger partial charge is 0.407 e. The highest BCUT2D eigenvalue weighted by atomic mass is 79.9. The molecule has 76 valence electrons. The molecule has 0 radical (unpaired) electrons. The van der Waals surface area contributed by atoms with Gasteiger partial charge >= 0.3 is 6.09 Å². The Hall–Kier alpha value is -1.04. The Morgan fingerprint density at radius 1 is 1.71 bits per heavy atom. The molecule has 1 atom stereocenters. The molecular formula is C8H10BrN3O2. The lowest BCUT2D eigenvalue weighted by molar-refractivity contribution is 0.154. The molecule has 14 heavy (non-hydrogen) atoms. The molecule has 1 N–H and O–H groups in total. The van der Waals surface area contributed by atoms with Gasteiger partial charge in [0.05, 0.1) is 16.7 Å². The van der Waals surface area contributed by atoms with Gasteiger partial charge in [-0.1, -0.05) is 0 Å². The average Bonchev–Trinajstić information content (AvgIpc) is 2.70. The van der Waals surface area contributed by atoms with Crippen molar-refractivity contribution < 1.29 is 9.90 Å². The van der Waals surface area contributed by atoms with Crippen molar-refractivity contribution >= 4 is 22.0 Å². The van der Waals surface area contributed by atoms with Crippen LogP contribution in [-0.4, -0.2) is 39.0 Å². The summed E-state index contributed by atoms with van der Waals surface area (Å²) >= 11 is 3.31. The molecule has 6 heteroatoms. The number of aromatic nitrogens is 2. The lowest BCUT2D eigenvalue weighted by Gasteiger charge is -2.12. The molecule has 0 spiro atoms. The van der Waals surface area contributed by atoms with Crippen LogP contribution in [0.1, 0.15) is 12.5 Å². The Kier molecular flexibility index (Phi) is 2.45. The fourth-order valence-corrected chi connectivity index (χ4v) is 1.95. The highest BCUT2D eigenvalue weighted by molar-refractivity contribution is 9.10. The van der Waals surface area contributed by atoms with Crippen molar-refractivity contribution in [1.29, 1.82) is 0 Å². The zero-order valence-corrected chi connectivity index (χ0v) is 9.01. The summed E-state index contributed by atoms with van der Waals surface area (Å²) < 4.78 is 2.74. The third-order valence-corrected chi connectivity index (χ3v) is 2.79. The highest BCUT2D eigenvalue weighted by Crippen LogP contribution is 2.22. The number of rotatable bonds is 1. The fraction of sp³-hybridized carbons (Fsp3) is 0.500. The topological polar surface area (TPSA) is 58.4 Å². The summed E-state index contributed by atoms with van der Waals surface area (Å²) in [7, 11) is 0. The summed E-state index contributed by atoms with van der Waals surface area (Å²) in [5.74, 6) is 0. The summed E-state index contributed by atoms with van der Waals surface area (Å²) in [5.41, 5.74) is 0. The minimum Gasteiger partial charge on any atom is -0.465 e. The van der Waals surface area contributed by atoms with Crippen LogP contribution in [0.5, 0.6) is 0 Å². The van der Waals surface area contributed by atoms with E-state index in [1.807, 2.05) is 10.9 Å². The van der Waals surface area contributed by atoms with Crippen LogP contribution in [-0.2, 0) is 0 Å². The molecule has 2 rings (SSSR count). The van der Waals surface area contributed by atoms with Gasteiger partial charge in [-0.25, -0.2) is 4.79 Å². The second-order valence-electron chi connectivity index (χ2n) is 3.31. The van der Waals surface area contributed by atoms with Gasteiger partial charge in [0.2, 0.25) is 0 Å². The van der Waals surface area contributed by atoms with E-state index in [2.05, 4.69) is 21.0 Å². The maximum Gasteiger partial charge on any atom is 0.407 e. The number of amides is 1. The maximum absolute atomic E-state index is 10.7. The Balaban J connectivity index is 2.05. The quantitative estimate of drug-likeness (QED) is 0.833. The minimum atomic E-state index is -0.848.